The summed E-state index contributed by atoms with van der Waals surface area (Å²) in [6.45, 7) is 1.96. The number of methoxy groups -OCH3 is 1. The Morgan fingerprint density at radius 2 is 2.35 bits per heavy atom. The molecule has 1 fully saturated rings. The van der Waals surface area contributed by atoms with Crippen LogP contribution in [0.1, 0.15) is 6.42 Å². The van der Waals surface area contributed by atoms with E-state index < -0.39 is 0 Å². The topological polar surface area (TPSA) is 67.6 Å². The third-order valence-corrected chi connectivity index (χ3v) is 3.35. The molecule has 20 heavy (non-hydrogen) atoms. The molecule has 1 saturated heterocycles. The highest BCUT2D eigenvalue weighted by Gasteiger charge is 2.21. The van der Waals surface area contributed by atoms with E-state index in [2.05, 4.69) is 5.32 Å². The summed E-state index contributed by atoms with van der Waals surface area (Å²) in [6.07, 6.45) is 0.938. The number of hydrogen-bond donors (Lipinski definition) is 2. The molecule has 1 atom stereocenters. The number of nitrogens with one attached hydrogen (secondary N) is 1. The zero-order chi connectivity index (χ0) is 13.8. The summed E-state index contributed by atoms with van der Waals surface area (Å²) in [5.74, 6) is 0.505. The molecule has 1 heterocycles. The minimum atomic E-state index is -0.0883. The number of benzene rings is 1. The fourth-order valence-electron chi connectivity index (χ4n) is 2.18. The van der Waals surface area contributed by atoms with E-state index in [1.165, 1.54) is 0 Å². The quantitative estimate of drug-likeness (QED) is 0.887. The van der Waals surface area contributed by atoms with E-state index in [9.17, 15) is 4.79 Å². The van der Waals surface area contributed by atoms with Crippen LogP contribution in [0, 0.1) is 0 Å². The maximum absolute atomic E-state index is 12.0. The van der Waals surface area contributed by atoms with Crippen LogP contribution in [-0.4, -0.2) is 43.6 Å². The van der Waals surface area contributed by atoms with Gasteiger partial charge in [0.15, 0.2) is 0 Å². The van der Waals surface area contributed by atoms with Gasteiger partial charge >= 0.3 is 0 Å². The molecule has 0 unspecified atom stereocenters. The van der Waals surface area contributed by atoms with Gasteiger partial charge in [-0.1, -0.05) is 11.6 Å². The van der Waals surface area contributed by atoms with Gasteiger partial charge in [-0.25, -0.2) is 0 Å². The molecule has 1 aromatic rings. The molecule has 3 N–H and O–H groups in total. The van der Waals surface area contributed by atoms with Crippen molar-refractivity contribution >= 4 is 35.6 Å². The number of anilines is 1. The number of amides is 1. The van der Waals surface area contributed by atoms with Crippen LogP contribution in [0.3, 0.4) is 0 Å². The van der Waals surface area contributed by atoms with Crippen LogP contribution in [0.2, 0.25) is 5.02 Å². The lowest BCUT2D eigenvalue weighted by Crippen LogP contribution is -2.33. The molecule has 1 amide bonds. The first-order valence-corrected chi connectivity index (χ1v) is 6.57. The molecule has 1 aliphatic heterocycles. The average Bonchev–Trinajstić information content (AvgIpc) is 2.75. The first-order chi connectivity index (χ1) is 9.08. The Balaban J connectivity index is 0.00000200. The van der Waals surface area contributed by atoms with Crippen molar-refractivity contribution in [3.63, 3.8) is 0 Å². The van der Waals surface area contributed by atoms with Crippen molar-refractivity contribution in [1.29, 1.82) is 0 Å². The van der Waals surface area contributed by atoms with E-state index >= 15 is 0 Å². The van der Waals surface area contributed by atoms with Crippen LogP contribution in [-0.2, 0) is 4.79 Å². The Bertz CT molecular complexity index is 471. The van der Waals surface area contributed by atoms with Crippen molar-refractivity contribution < 1.29 is 9.53 Å². The van der Waals surface area contributed by atoms with E-state index in [0.717, 1.165) is 19.5 Å². The Kier molecular flexibility index (Phi) is 6.55. The van der Waals surface area contributed by atoms with Gasteiger partial charge in [-0.05, 0) is 24.6 Å². The van der Waals surface area contributed by atoms with Crippen molar-refractivity contribution in [3.05, 3.63) is 23.2 Å². The number of ether oxygens (including phenoxy) is 1. The molecule has 0 saturated carbocycles. The predicted octanol–water partition coefficient (Wildman–Crippen LogP) is 1.74. The molecule has 0 bridgehead atoms. The van der Waals surface area contributed by atoms with Crippen LogP contribution < -0.4 is 15.8 Å². The molecule has 7 heteroatoms. The minimum Gasteiger partial charge on any atom is -0.495 e. The average molecular weight is 320 g/mol. The van der Waals surface area contributed by atoms with E-state index in [-0.39, 0.29) is 24.4 Å². The maximum Gasteiger partial charge on any atom is 0.238 e. The number of nitrogens with zero attached hydrogens (tertiary/aromatic N) is 1. The van der Waals surface area contributed by atoms with Gasteiger partial charge in [0.25, 0.3) is 0 Å². The van der Waals surface area contributed by atoms with Gasteiger partial charge in [0, 0.05) is 24.2 Å². The molecule has 112 valence electrons. The van der Waals surface area contributed by atoms with E-state index in [1.807, 2.05) is 4.90 Å². The van der Waals surface area contributed by atoms with Gasteiger partial charge < -0.3 is 15.8 Å². The monoisotopic (exact) mass is 319 g/mol. The van der Waals surface area contributed by atoms with E-state index in [0.29, 0.717) is 23.0 Å². The van der Waals surface area contributed by atoms with E-state index in [1.54, 1.807) is 25.3 Å². The Hall–Kier alpha value is -1.01. The number of nitrogens with two attached hydrogens (primary N) is 1. The summed E-state index contributed by atoms with van der Waals surface area (Å²) >= 11 is 5.91. The van der Waals surface area contributed by atoms with Crippen molar-refractivity contribution in [2.24, 2.45) is 5.73 Å². The first kappa shape index (κ1) is 17.0. The first-order valence-electron chi connectivity index (χ1n) is 6.20. The zero-order valence-corrected chi connectivity index (χ0v) is 12.8. The molecule has 0 aliphatic carbocycles. The molecule has 5 nitrogen and oxygen atoms in total. The predicted molar refractivity (Wildman–Crippen MR) is 82.9 cm³/mol. The number of halogens is 2. The van der Waals surface area contributed by atoms with Gasteiger partial charge in [-0.3, -0.25) is 9.69 Å². The fourth-order valence-corrected chi connectivity index (χ4v) is 2.35. The molecule has 2 rings (SSSR count). The summed E-state index contributed by atoms with van der Waals surface area (Å²) in [7, 11) is 1.55. The second-order valence-corrected chi connectivity index (χ2v) is 5.11. The Morgan fingerprint density at radius 1 is 1.60 bits per heavy atom. The molecule has 0 aromatic heterocycles. The molecular weight excluding hydrogens is 301 g/mol. The summed E-state index contributed by atoms with van der Waals surface area (Å²) in [4.78, 5) is 14.0. The van der Waals surface area contributed by atoms with E-state index in [4.69, 9.17) is 22.1 Å². The van der Waals surface area contributed by atoms with Crippen molar-refractivity contribution in [3.8, 4) is 5.75 Å². The van der Waals surface area contributed by atoms with Crippen molar-refractivity contribution in [2.75, 3.05) is 32.1 Å². The van der Waals surface area contributed by atoms with Crippen LogP contribution >= 0.6 is 24.0 Å². The molecule has 1 aromatic carbocycles. The molecule has 0 spiro atoms. The van der Waals surface area contributed by atoms with Gasteiger partial charge in [-0.2, -0.15) is 0 Å². The van der Waals surface area contributed by atoms with Crippen LogP contribution in [0.25, 0.3) is 0 Å². The smallest absolute Gasteiger partial charge is 0.238 e. The minimum absolute atomic E-state index is 0. The number of carbonyl (C=O) groups is 1. The summed E-state index contributed by atoms with van der Waals surface area (Å²) in [5.41, 5.74) is 6.39. The van der Waals surface area contributed by atoms with Crippen LogP contribution in [0.5, 0.6) is 5.75 Å². The Morgan fingerprint density at radius 3 is 2.95 bits per heavy atom. The molecular formula is C13H19Cl2N3O2. The Labute approximate surface area is 129 Å². The van der Waals surface area contributed by atoms with Crippen LogP contribution in [0.15, 0.2) is 18.2 Å². The second kappa shape index (κ2) is 7.69. The SMILES string of the molecule is COc1ccc(Cl)cc1NC(=O)CN1CC[C@@H](N)C1.Cl. The van der Waals surface area contributed by atoms with Crippen molar-refractivity contribution in [2.45, 2.75) is 12.5 Å². The summed E-state index contributed by atoms with van der Waals surface area (Å²) in [6, 6.07) is 5.29. The highest BCUT2D eigenvalue weighted by atomic mass is 35.5. The highest BCUT2D eigenvalue weighted by Crippen LogP contribution is 2.27. The number of carbonyl (C=O) groups excluding carboxylic acids is 1. The van der Waals surface area contributed by atoms with Gasteiger partial charge in [0.2, 0.25) is 5.91 Å². The zero-order valence-electron chi connectivity index (χ0n) is 11.3. The van der Waals surface area contributed by atoms with Crippen LogP contribution in [0.4, 0.5) is 5.69 Å². The number of rotatable bonds is 4. The fraction of sp³-hybridized carbons (Fsp3) is 0.462. The van der Waals surface area contributed by atoms with Gasteiger partial charge in [-0.15, -0.1) is 12.4 Å². The maximum atomic E-state index is 12.0. The lowest BCUT2D eigenvalue weighted by molar-refractivity contribution is -0.117. The summed E-state index contributed by atoms with van der Waals surface area (Å²) in [5, 5.41) is 3.37. The third kappa shape index (κ3) is 4.52. The standard InChI is InChI=1S/C13H18ClN3O2.ClH/c1-19-12-3-2-9(14)6-11(12)16-13(18)8-17-5-4-10(15)7-17;/h2-3,6,10H,4-5,7-8,15H2,1H3,(H,16,18);1H/t10-;/m1./s1. The lowest BCUT2D eigenvalue weighted by atomic mass is 10.3. The number of likely N-dealkylation sites (tertiary alicyclic amines) is 1. The van der Waals surface area contributed by atoms with Gasteiger partial charge in [0.05, 0.1) is 19.3 Å². The van der Waals surface area contributed by atoms with Crippen molar-refractivity contribution in [1.82, 2.24) is 4.90 Å². The third-order valence-electron chi connectivity index (χ3n) is 3.11. The second-order valence-electron chi connectivity index (χ2n) is 4.68. The lowest BCUT2D eigenvalue weighted by Gasteiger charge is -2.16. The van der Waals surface area contributed by atoms with Gasteiger partial charge in [0.1, 0.15) is 5.75 Å². The normalized spacial score (nSPS) is 18.4. The number of hydrogen-bond acceptors (Lipinski definition) is 4. The summed E-state index contributed by atoms with van der Waals surface area (Å²) < 4.78 is 5.18. The largest absolute Gasteiger partial charge is 0.495 e. The molecule has 0 radical (unpaired) electrons. The molecule has 1 aliphatic rings. The highest BCUT2D eigenvalue weighted by molar-refractivity contribution is 6.31.